The van der Waals surface area contributed by atoms with E-state index in [1.165, 1.54) is 4.90 Å². The van der Waals surface area contributed by atoms with Gasteiger partial charge in [-0.25, -0.2) is 4.39 Å². The lowest BCUT2D eigenvalue weighted by Crippen LogP contribution is -2.58. The van der Waals surface area contributed by atoms with E-state index in [2.05, 4.69) is 5.32 Å². The first-order valence-electron chi connectivity index (χ1n) is 8.04. The van der Waals surface area contributed by atoms with Crippen molar-refractivity contribution >= 4 is 17.3 Å². The van der Waals surface area contributed by atoms with Crippen LogP contribution in [0.3, 0.4) is 0 Å². The number of alkyl halides is 1. The molecule has 1 amide bonds. The first kappa shape index (κ1) is 17.2. The molecule has 5 N–H and O–H groups in total. The average Bonchev–Trinajstić information content (AvgIpc) is 2.62. The van der Waals surface area contributed by atoms with Crippen LogP contribution >= 0.6 is 0 Å². The topological polar surface area (TPSA) is 93.6 Å². The summed E-state index contributed by atoms with van der Waals surface area (Å²) < 4.78 is 19.8. The van der Waals surface area contributed by atoms with Gasteiger partial charge in [-0.3, -0.25) is 4.79 Å². The Morgan fingerprint density at radius 2 is 2.00 bits per heavy atom. The van der Waals surface area contributed by atoms with Crippen molar-refractivity contribution in [2.75, 3.05) is 23.8 Å². The van der Waals surface area contributed by atoms with Gasteiger partial charge in [-0.05, 0) is 29.8 Å². The molecular weight excluding hydrogens is 323 g/mol. The molecule has 2 atom stereocenters. The summed E-state index contributed by atoms with van der Waals surface area (Å²) >= 11 is 0. The molecule has 2 unspecified atom stereocenters. The summed E-state index contributed by atoms with van der Waals surface area (Å²) in [6.45, 7) is 0.413. The molecule has 0 spiro atoms. The monoisotopic (exact) mass is 344 g/mol. The molecule has 0 saturated carbocycles. The number of anilines is 2. The number of amides is 1. The molecule has 0 aliphatic carbocycles. The minimum atomic E-state index is -1.39. The smallest absolute Gasteiger partial charge is 0.252 e. The fourth-order valence-electron chi connectivity index (χ4n) is 2.84. The van der Waals surface area contributed by atoms with Gasteiger partial charge in [0.1, 0.15) is 6.17 Å². The third kappa shape index (κ3) is 3.72. The lowest BCUT2D eigenvalue weighted by atomic mass is 10.1. The fourth-order valence-corrected chi connectivity index (χ4v) is 2.84. The summed E-state index contributed by atoms with van der Waals surface area (Å²) in [6, 6.07) is 14.0. The van der Waals surface area contributed by atoms with Gasteiger partial charge in [0.05, 0.1) is 13.2 Å². The SMILES string of the molecule is NCc1ccc(N2C(F)COCC2NC(=O)c2ccccc2)cc1N. The van der Waals surface area contributed by atoms with Gasteiger partial charge in [-0.1, -0.05) is 24.3 Å². The van der Waals surface area contributed by atoms with Gasteiger partial charge < -0.3 is 26.4 Å². The van der Waals surface area contributed by atoms with Crippen LogP contribution in [0, 0.1) is 0 Å². The summed E-state index contributed by atoms with van der Waals surface area (Å²) in [4.78, 5) is 13.9. The van der Waals surface area contributed by atoms with E-state index in [1.807, 2.05) is 6.07 Å². The number of hydrogen-bond donors (Lipinski definition) is 3. The van der Waals surface area contributed by atoms with Gasteiger partial charge >= 0.3 is 0 Å². The summed E-state index contributed by atoms with van der Waals surface area (Å²) in [6.07, 6.45) is -2.03. The lowest BCUT2D eigenvalue weighted by molar-refractivity contribution is 0.0171. The molecule has 2 aromatic carbocycles. The van der Waals surface area contributed by atoms with E-state index in [-0.39, 0.29) is 19.1 Å². The fraction of sp³-hybridized carbons (Fsp3) is 0.278. The molecule has 1 aliphatic heterocycles. The van der Waals surface area contributed by atoms with Crippen LogP contribution in [0.4, 0.5) is 15.8 Å². The summed E-state index contributed by atoms with van der Waals surface area (Å²) in [5, 5.41) is 2.82. The summed E-state index contributed by atoms with van der Waals surface area (Å²) in [5.41, 5.74) is 13.9. The number of nitrogens with zero attached hydrogens (tertiary/aromatic N) is 1. The van der Waals surface area contributed by atoms with Crippen molar-refractivity contribution < 1.29 is 13.9 Å². The lowest BCUT2D eigenvalue weighted by Gasteiger charge is -2.40. The van der Waals surface area contributed by atoms with E-state index < -0.39 is 12.5 Å². The van der Waals surface area contributed by atoms with E-state index in [4.69, 9.17) is 16.2 Å². The molecule has 7 heteroatoms. The molecule has 25 heavy (non-hydrogen) atoms. The highest BCUT2D eigenvalue weighted by molar-refractivity contribution is 5.94. The molecule has 0 bridgehead atoms. The van der Waals surface area contributed by atoms with Gasteiger partial charge in [0.2, 0.25) is 0 Å². The van der Waals surface area contributed by atoms with Crippen molar-refractivity contribution in [3.8, 4) is 0 Å². The maximum Gasteiger partial charge on any atom is 0.252 e. The number of benzene rings is 2. The van der Waals surface area contributed by atoms with Crippen molar-refractivity contribution in [3.05, 3.63) is 59.7 Å². The van der Waals surface area contributed by atoms with E-state index in [1.54, 1.807) is 42.5 Å². The molecule has 1 saturated heterocycles. The predicted octanol–water partition coefficient (Wildman–Crippen LogP) is 1.62. The zero-order valence-corrected chi connectivity index (χ0v) is 13.7. The zero-order valence-electron chi connectivity index (χ0n) is 13.7. The number of carbonyl (C=O) groups excluding carboxylic acids is 1. The Labute approximate surface area is 145 Å². The van der Waals surface area contributed by atoms with Crippen LogP contribution in [0.2, 0.25) is 0 Å². The number of morpholine rings is 1. The van der Waals surface area contributed by atoms with Crippen LogP contribution in [-0.4, -0.2) is 31.6 Å². The standard InChI is InChI=1S/C18H21FN4O2/c19-16-10-25-11-17(22-18(24)12-4-2-1-3-5-12)23(16)14-7-6-13(9-20)15(21)8-14/h1-8,16-17H,9-11,20-21H2,(H,22,24). The zero-order chi connectivity index (χ0) is 17.8. The Morgan fingerprint density at radius 3 is 2.68 bits per heavy atom. The third-order valence-corrected chi connectivity index (χ3v) is 4.15. The van der Waals surface area contributed by atoms with Gasteiger partial charge in [-0.15, -0.1) is 0 Å². The average molecular weight is 344 g/mol. The molecular formula is C18H21FN4O2. The number of rotatable bonds is 4. The Balaban J connectivity index is 1.84. The molecule has 0 aromatic heterocycles. The first-order valence-corrected chi connectivity index (χ1v) is 8.04. The Morgan fingerprint density at radius 1 is 1.24 bits per heavy atom. The van der Waals surface area contributed by atoms with E-state index in [0.717, 1.165) is 5.56 Å². The van der Waals surface area contributed by atoms with Crippen molar-refractivity contribution in [2.45, 2.75) is 19.0 Å². The number of halogens is 1. The molecule has 0 radical (unpaired) electrons. The second-order valence-corrected chi connectivity index (χ2v) is 5.82. The minimum absolute atomic E-state index is 0.0732. The van der Waals surface area contributed by atoms with E-state index in [0.29, 0.717) is 23.5 Å². The molecule has 6 nitrogen and oxygen atoms in total. The maximum atomic E-state index is 14.5. The normalized spacial score (nSPS) is 20.3. The molecule has 132 valence electrons. The van der Waals surface area contributed by atoms with Gasteiger partial charge in [0.15, 0.2) is 6.30 Å². The largest absolute Gasteiger partial charge is 0.398 e. The second kappa shape index (κ2) is 7.50. The van der Waals surface area contributed by atoms with Crippen molar-refractivity contribution in [1.82, 2.24) is 5.32 Å². The van der Waals surface area contributed by atoms with Crippen LogP contribution in [0.1, 0.15) is 15.9 Å². The molecule has 2 aromatic rings. The minimum Gasteiger partial charge on any atom is -0.398 e. The van der Waals surface area contributed by atoms with Crippen LogP contribution < -0.4 is 21.7 Å². The number of ether oxygens (including phenoxy) is 1. The molecule has 1 heterocycles. The van der Waals surface area contributed by atoms with E-state index in [9.17, 15) is 9.18 Å². The number of carbonyl (C=O) groups is 1. The van der Waals surface area contributed by atoms with Crippen molar-refractivity contribution in [3.63, 3.8) is 0 Å². The molecule has 1 aliphatic rings. The van der Waals surface area contributed by atoms with Gasteiger partial charge in [-0.2, -0.15) is 0 Å². The third-order valence-electron chi connectivity index (χ3n) is 4.15. The second-order valence-electron chi connectivity index (χ2n) is 5.82. The van der Waals surface area contributed by atoms with Gasteiger partial charge in [0.25, 0.3) is 5.91 Å². The first-order chi connectivity index (χ1) is 12.1. The molecule has 1 fully saturated rings. The van der Waals surface area contributed by atoms with Crippen molar-refractivity contribution in [1.29, 1.82) is 0 Å². The Hall–Kier alpha value is -2.64. The molecule has 3 rings (SSSR count). The highest BCUT2D eigenvalue weighted by Crippen LogP contribution is 2.27. The Bertz CT molecular complexity index is 741. The number of nitrogens with one attached hydrogen (secondary N) is 1. The van der Waals surface area contributed by atoms with Crippen LogP contribution in [0.25, 0.3) is 0 Å². The van der Waals surface area contributed by atoms with Crippen molar-refractivity contribution in [2.24, 2.45) is 5.73 Å². The van der Waals surface area contributed by atoms with E-state index >= 15 is 0 Å². The summed E-state index contributed by atoms with van der Waals surface area (Å²) in [7, 11) is 0. The highest BCUT2D eigenvalue weighted by atomic mass is 19.1. The quantitative estimate of drug-likeness (QED) is 0.579. The van der Waals surface area contributed by atoms with Crippen LogP contribution in [-0.2, 0) is 11.3 Å². The number of nitrogens with two attached hydrogens (primary N) is 2. The Kier molecular flexibility index (Phi) is 5.16. The van der Waals surface area contributed by atoms with Gasteiger partial charge in [0, 0.05) is 23.5 Å². The van der Waals surface area contributed by atoms with Crippen LogP contribution in [0.5, 0.6) is 0 Å². The number of nitrogen functional groups attached to an aromatic ring is 1. The van der Waals surface area contributed by atoms with Crippen LogP contribution in [0.15, 0.2) is 48.5 Å². The summed E-state index contributed by atoms with van der Waals surface area (Å²) in [5.74, 6) is -0.292. The highest BCUT2D eigenvalue weighted by Gasteiger charge is 2.33. The number of hydrogen-bond acceptors (Lipinski definition) is 5. The maximum absolute atomic E-state index is 14.5. The predicted molar refractivity (Wildman–Crippen MR) is 94.6 cm³/mol.